The number of nitriles is 1. The summed E-state index contributed by atoms with van der Waals surface area (Å²) in [5, 5.41) is 8.34. The van der Waals surface area contributed by atoms with Crippen LogP contribution in [-0.2, 0) is 10.0 Å². The minimum absolute atomic E-state index is 0.0676. The van der Waals surface area contributed by atoms with Gasteiger partial charge in [-0.05, 0) is 5.41 Å². The average molecular weight is 204 g/mol. The fourth-order valence-corrected chi connectivity index (χ4v) is 2.42. The first-order valence-corrected chi connectivity index (χ1v) is 5.61. The summed E-state index contributed by atoms with van der Waals surface area (Å²) in [6.45, 7) is 5.47. The van der Waals surface area contributed by atoms with Crippen molar-refractivity contribution < 1.29 is 8.42 Å². The minimum Gasteiger partial charge on any atom is -0.212 e. The largest absolute Gasteiger partial charge is 0.215 e. The van der Waals surface area contributed by atoms with Crippen LogP contribution in [0, 0.1) is 16.7 Å². The van der Waals surface area contributed by atoms with Crippen LogP contribution in [-0.4, -0.2) is 32.1 Å². The van der Waals surface area contributed by atoms with E-state index in [9.17, 15) is 8.42 Å². The summed E-state index contributed by atoms with van der Waals surface area (Å²) in [6.07, 6.45) is 0. The molecular formula is C8H16N2O2S. The highest BCUT2D eigenvalue weighted by Gasteiger charge is 2.25. The van der Waals surface area contributed by atoms with Gasteiger partial charge in [-0.1, -0.05) is 20.8 Å². The van der Waals surface area contributed by atoms with E-state index in [1.54, 1.807) is 6.07 Å². The molecule has 0 heterocycles. The van der Waals surface area contributed by atoms with Crippen LogP contribution in [0.25, 0.3) is 0 Å². The van der Waals surface area contributed by atoms with E-state index in [0.29, 0.717) is 0 Å². The van der Waals surface area contributed by atoms with Gasteiger partial charge >= 0.3 is 0 Å². The molecule has 4 nitrogen and oxygen atoms in total. The first-order valence-electron chi connectivity index (χ1n) is 4.00. The first kappa shape index (κ1) is 12.4. The van der Waals surface area contributed by atoms with Crippen LogP contribution >= 0.6 is 0 Å². The van der Waals surface area contributed by atoms with Crippen molar-refractivity contribution in [2.75, 3.05) is 19.3 Å². The second kappa shape index (κ2) is 4.07. The van der Waals surface area contributed by atoms with Crippen LogP contribution in [0.3, 0.4) is 0 Å². The van der Waals surface area contributed by atoms with E-state index in [-0.39, 0.29) is 17.7 Å². The monoisotopic (exact) mass is 204 g/mol. The van der Waals surface area contributed by atoms with Crippen LogP contribution in [0.15, 0.2) is 0 Å². The molecule has 0 atom stereocenters. The van der Waals surface area contributed by atoms with Gasteiger partial charge in [-0.2, -0.15) is 9.57 Å². The summed E-state index contributed by atoms with van der Waals surface area (Å²) in [7, 11) is -1.85. The van der Waals surface area contributed by atoms with Crippen LogP contribution < -0.4 is 0 Å². The van der Waals surface area contributed by atoms with Crippen molar-refractivity contribution in [1.29, 1.82) is 5.26 Å². The Morgan fingerprint density at radius 1 is 1.38 bits per heavy atom. The SMILES string of the molecule is CN(CC#N)S(=O)(=O)CC(C)(C)C. The quantitative estimate of drug-likeness (QED) is 0.639. The Bertz CT molecular complexity index is 295. The Balaban J connectivity index is 4.53. The maximum absolute atomic E-state index is 11.5. The van der Waals surface area contributed by atoms with Crippen LogP contribution in [0.2, 0.25) is 0 Å². The summed E-state index contributed by atoms with van der Waals surface area (Å²) in [4.78, 5) is 0. The van der Waals surface area contributed by atoms with Gasteiger partial charge in [-0.3, -0.25) is 0 Å². The van der Waals surface area contributed by atoms with Gasteiger partial charge in [0, 0.05) is 7.05 Å². The number of sulfonamides is 1. The zero-order chi connectivity index (χ0) is 10.7. The highest BCUT2D eigenvalue weighted by atomic mass is 32.2. The predicted octanol–water partition coefficient (Wildman–Crippen LogP) is 0.818. The smallest absolute Gasteiger partial charge is 0.212 e. The molecule has 0 spiro atoms. The second-order valence-corrected chi connectivity index (χ2v) is 6.31. The third-order valence-corrected chi connectivity index (χ3v) is 3.69. The van der Waals surface area contributed by atoms with Crippen molar-refractivity contribution in [2.45, 2.75) is 20.8 Å². The van der Waals surface area contributed by atoms with Gasteiger partial charge in [-0.25, -0.2) is 8.42 Å². The van der Waals surface area contributed by atoms with Gasteiger partial charge in [0.25, 0.3) is 0 Å². The highest BCUT2D eigenvalue weighted by Crippen LogP contribution is 2.17. The van der Waals surface area contributed by atoms with E-state index >= 15 is 0 Å². The molecule has 0 unspecified atom stereocenters. The van der Waals surface area contributed by atoms with Crippen molar-refractivity contribution in [3.8, 4) is 6.07 Å². The van der Waals surface area contributed by atoms with Gasteiger partial charge < -0.3 is 0 Å². The number of hydrogen-bond donors (Lipinski definition) is 0. The number of hydrogen-bond acceptors (Lipinski definition) is 3. The lowest BCUT2D eigenvalue weighted by atomic mass is 10.0. The lowest BCUT2D eigenvalue weighted by Crippen LogP contribution is -2.34. The number of rotatable bonds is 3. The van der Waals surface area contributed by atoms with Crippen molar-refractivity contribution in [2.24, 2.45) is 5.41 Å². The normalized spacial score (nSPS) is 12.9. The van der Waals surface area contributed by atoms with Crippen LogP contribution in [0.1, 0.15) is 20.8 Å². The molecule has 0 aliphatic heterocycles. The topological polar surface area (TPSA) is 61.2 Å². The molecule has 0 N–H and O–H groups in total. The molecule has 13 heavy (non-hydrogen) atoms. The Labute approximate surface area is 80.2 Å². The Morgan fingerprint density at radius 3 is 2.15 bits per heavy atom. The summed E-state index contributed by atoms with van der Waals surface area (Å²) in [5.41, 5.74) is -0.275. The zero-order valence-corrected chi connectivity index (χ0v) is 9.35. The molecule has 5 heteroatoms. The maximum atomic E-state index is 11.5. The Morgan fingerprint density at radius 2 is 1.85 bits per heavy atom. The fourth-order valence-electron chi connectivity index (χ4n) is 0.855. The van der Waals surface area contributed by atoms with E-state index in [0.717, 1.165) is 4.31 Å². The van der Waals surface area contributed by atoms with Crippen molar-refractivity contribution in [1.82, 2.24) is 4.31 Å². The molecule has 0 fully saturated rings. The molecule has 0 saturated carbocycles. The summed E-state index contributed by atoms with van der Waals surface area (Å²) >= 11 is 0. The molecule has 0 rings (SSSR count). The average Bonchev–Trinajstić information content (AvgIpc) is 1.82. The summed E-state index contributed by atoms with van der Waals surface area (Å²) < 4.78 is 24.1. The van der Waals surface area contributed by atoms with E-state index in [1.807, 2.05) is 20.8 Å². The second-order valence-electron chi connectivity index (χ2n) is 4.23. The molecular weight excluding hydrogens is 188 g/mol. The van der Waals surface area contributed by atoms with E-state index < -0.39 is 10.0 Å². The van der Waals surface area contributed by atoms with Gasteiger partial charge in [0.1, 0.15) is 6.54 Å². The zero-order valence-electron chi connectivity index (χ0n) is 8.53. The van der Waals surface area contributed by atoms with Crippen molar-refractivity contribution in [3.05, 3.63) is 0 Å². The van der Waals surface area contributed by atoms with Gasteiger partial charge in [-0.15, -0.1) is 0 Å². The van der Waals surface area contributed by atoms with Gasteiger partial charge in [0.15, 0.2) is 0 Å². The molecule has 0 bridgehead atoms. The highest BCUT2D eigenvalue weighted by molar-refractivity contribution is 7.89. The lowest BCUT2D eigenvalue weighted by molar-refractivity contribution is 0.434. The molecule has 0 aromatic heterocycles. The molecule has 0 aliphatic carbocycles. The molecule has 0 saturated heterocycles. The van der Waals surface area contributed by atoms with E-state index in [1.165, 1.54) is 7.05 Å². The molecule has 76 valence electrons. The molecule has 0 radical (unpaired) electrons. The lowest BCUT2D eigenvalue weighted by Gasteiger charge is -2.21. The third-order valence-electron chi connectivity index (χ3n) is 1.38. The van der Waals surface area contributed by atoms with Gasteiger partial charge in [0.2, 0.25) is 10.0 Å². The summed E-state index contributed by atoms with van der Waals surface area (Å²) in [5.74, 6) is 0.0676. The minimum atomic E-state index is -3.27. The first-order chi connectivity index (χ1) is 5.69. The number of nitrogens with zero attached hydrogens (tertiary/aromatic N) is 2. The van der Waals surface area contributed by atoms with E-state index in [4.69, 9.17) is 5.26 Å². The van der Waals surface area contributed by atoms with Crippen LogP contribution in [0.5, 0.6) is 0 Å². The van der Waals surface area contributed by atoms with Crippen molar-refractivity contribution in [3.63, 3.8) is 0 Å². The molecule has 0 aromatic rings. The van der Waals surface area contributed by atoms with Crippen LogP contribution in [0.4, 0.5) is 0 Å². The molecule has 0 amide bonds. The predicted molar refractivity (Wildman–Crippen MR) is 51.5 cm³/mol. The van der Waals surface area contributed by atoms with Gasteiger partial charge in [0.05, 0.1) is 11.8 Å². The standard InChI is InChI=1S/C8H16N2O2S/c1-8(2,3)7-13(11,12)10(4)6-5-9/h6-7H2,1-4H3. The maximum Gasteiger partial charge on any atom is 0.215 e. The van der Waals surface area contributed by atoms with Crippen molar-refractivity contribution >= 4 is 10.0 Å². The fraction of sp³-hybridized carbons (Fsp3) is 0.875. The molecule has 0 aliphatic rings. The van der Waals surface area contributed by atoms with E-state index in [2.05, 4.69) is 0 Å². The third kappa shape index (κ3) is 4.86. The molecule has 0 aromatic carbocycles. The summed E-state index contributed by atoms with van der Waals surface area (Å²) in [6, 6.07) is 1.81. The Kier molecular flexibility index (Phi) is 3.88. The Hall–Kier alpha value is -0.600.